The van der Waals surface area contributed by atoms with Gasteiger partial charge in [-0.15, -0.1) is 0 Å². The van der Waals surface area contributed by atoms with Gasteiger partial charge in [0.25, 0.3) is 0 Å². The molecule has 5 rings (SSSR count). The number of amides is 2. The lowest BCUT2D eigenvalue weighted by molar-refractivity contribution is -0.148. The zero-order valence-corrected chi connectivity index (χ0v) is 31.4. The summed E-state index contributed by atoms with van der Waals surface area (Å²) >= 11 is 0. The lowest BCUT2D eigenvalue weighted by atomic mass is 9.80. The molecule has 0 unspecified atom stereocenters. The highest BCUT2D eigenvalue weighted by Crippen LogP contribution is 2.49. The van der Waals surface area contributed by atoms with Gasteiger partial charge in [0, 0.05) is 13.1 Å². The third-order valence-corrected chi connectivity index (χ3v) is 9.47. The molecular weight excluding hydrogens is 692 g/mol. The molecule has 0 aliphatic carbocycles. The Morgan fingerprint density at radius 3 is 1.04 bits per heavy atom. The number of ether oxygens (including phenoxy) is 11. The van der Waals surface area contributed by atoms with E-state index in [9.17, 15) is 9.59 Å². The van der Waals surface area contributed by atoms with Crippen molar-refractivity contribution in [1.82, 2.24) is 9.80 Å². The van der Waals surface area contributed by atoms with Crippen LogP contribution in [0.5, 0.6) is 23.0 Å². The minimum absolute atomic E-state index is 0.164. The Labute approximate surface area is 311 Å². The van der Waals surface area contributed by atoms with Crippen LogP contribution < -0.4 is 18.9 Å². The Bertz CT molecular complexity index is 1370. The summed E-state index contributed by atoms with van der Waals surface area (Å²) in [6, 6.07) is 6.51. The van der Waals surface area contributed by atoms with Crippen molar-refractivity contribution in [3.63, 3.8) is 0 Å². The molecule has 0 bridgehead atoms. The van der Waals surface area contributed by atoms with Crippen LogP contribution >= 0.6 is 0 Å². The van der Waals surface area contributed by atoms with Gasteiger partial charge in [-0.05, 0) is 59.4 Å². The van der Waals surface area contributed by atoms with Gasteiger partial charge in [0.15, 0.2) is 23.0 Å². The lowest BCUT2D eigenvalue weighted by Gasteiger charge is -2.48. The van der Waals surface area contributed by atoms with E-state index in [0.29, 0.717) is 115 Å². The Balaban J connectivity index is 1.47. The summed E-state index contributed by atoms with van der Waals surface area (Å²) in [4.78, 5) is 32.0. The molecule has 0 saturated carbocycles. The van der Waals surface area contributed by atoms with Gasteiger partial charge in [0.1, 0.15) is 13.2 Å². The molecule has 0 aromatic heterocycles. The maximum Gasteiger partial charge on any atom is 0.249 e. The van der Waals surface area contributed by atoms with Crippen molar-refractivity contribution >= 4 is 11.8 Å². The fourth-order valence-electron chi connectivity index (χ4n) is 6.90. The van der Waals surface area contributed by atoms with Crippen molar-refractivity contribution in [2.45, 2.75) is 24.9 Å². The number of carbonyl (C=O) groups is 2. The first-order valence-electron chi connectivity index (χ1n) is 18.1. The zero-order chi connectivity index (χ0) is 37.4. The summed E-state index contributed by atoms with van der Waals surface area (Å²) in [6.07, 6.45) is 1.14. The highest BCUT2D eigenvalue weighted by Gasteiger charge is 2.45. The van der Waals surface area contributed by atoms with Gasteiger partial charge in [0.05, 0.1) is 120 Å². The first-order valence-corrected chi connectivity index (χ1v) is 18.1. The van der Waals surface area contributed by atoms with E-state index in [2.05, 4.69) is 0 Å². The number of methoxy groups -OCH3 is 4. The summed E-state index contributed by atoms with van der Waals surface area (Å²) in [7, 11) is 6.35. The number of hydrogen-bond donors (Lipinski definition) is 0. The van der Waals surface area contributed by atoms with Crippen molar-refractivity contribution in [1.29, 1.82) is 0 Å². The van der Waals surface area contributed by atoms with Crippen molar-refractivity contribution in [2.75, 3.05) is 134 Å². The van der Waals surface area contributed by atoms with Crippen molar-refractivity contribution in [2.24, 2.45) is 0 Å². The molecule has 0 N–H and O–H groups in total. The van der Waals surface area contributed by atoms with E-state index in [4.69, 9.17) is 52.1 Å². The Morgan fingerprint density at radius 2 is 0.736 bits per heavy atom. The van der Waals surface area contributed by atoms with Crippen LogP contribution in [-0.4, -0.2) is 156 Å². The molecule has 3 aliphatic rings. The van der Waals surface area contributed by atoms with Gasteiger partial charge < -0.3 is 61.9 Å². The molecule has 2 aromatic carbocycles. The summed E-state index contributed by atoms with van der Waals surface area (Å²) in [6.45, 7) is 4.92. The topological polar surface area (TPSA) is 142 Å². The second-order valence-electron chi connectivity index (χ2n) is 12.5. The van der Waals surface area contributed by atoms with E-state index < -0.39 is 12.1 Å². The molecular formula is C38H54N2O13. The third-order valence-electron chi connectivity index (χ3n) is 9.47. The van der Waals surface area contributed by atoms with E-state index in [1.807, 2.05) is 34.1 Å². The molecule has 15 nitrogen and oxygen atoms in total. The summed E-state index contributed by atoms with van der Waals surface area (Å²) < 4.78 is 62.4. The lowest BCUT2D eigenvalue weighted by Crippen LogP contribution is -2.52. The normalized spacial score (nSPS) is 22.3. The Hall–Kier alpha value is -3.70. The molecule has 2 amide bonds. The Kier molecular flexibility index (Phi) is 16.2. The molecule has 15 heteroatoms. The largest absolute Gasteiger partial charge is 0.493 e. The van der Waals surface area contributed by atoms with Crippen molar-refractivity contribution in [3.8, 4) is 23.0 Å². The predicted octanol–water partition coefficient (Wildman–Crippen LogP) is 2.40. The van der Waals surface area contributed by atoms with Crippen LogP contribution in [0.3, 0.4) is 0 Å². The minimum Gasteiger partial charge on any atom is -0.493 e. The van der Waals surface area contributed by atoms with Gasteiger partial charge in [-0.2, -0.15) is 0 Å². The Morgan fingerprint density at radius 1 is 0.453 bits per heavy atom. The molecule has 3 aliphatic heterocycles. The van der Waals surface area contributed by atoms with Crippen LogP contribution in [0.2, 0.25) is 0 Å². The van der Waals surface area contributed by atoms with E-state index in [-0.39, 0.29) is 38.2 Å². The van der Waals surface area contributed by atoms with Gasteiger partial charge in [-0.1, -0.05) is 0 Å². The third kappa shape index (κ3) is 10.7. The van der Waals surface area contributed by atoms with Crippen LogP contribution in [0, 0.1) is 0 Å². The molecule has 294 valence electrons. The SMILES string of the molecule is COc1cc2c(cc1OC)[C@H]1[C@@H]3c4cc(OC)c(OC)cc4CCN3C(=O)COCCOCCOCCOCCOCCOCCOCC(=O)N1CC2. The maximum absolute atomic E-state index is 14.2. The second-order valence-corrected chi connectivity index (χ2v) is 12.5. The van der Waals surface area contributed by atoms with Crippen molar-refractivity contribution < 1.29 is 61.7 Å². The van der Waals surface area contributed by atoms with Crippen LogP contribution in [0.4, 0.5) is 0 Å². The smallest absolute Gasteiger partial charge is 0.249 e. The first kappa shape index (κ1) is 40.5. The van der Waals surface area contributed by atoms with E-state index in [1.165, 1.54) is 0 Å². The van der Waals surface area contributed by atoms with Gasteiger partial charge in [-0.25, -0.2) is 0 Å². The number of rotatable bonds is 4. The molecule has 2 aromatic rings. The number of nitrogens with zero attached hydrogens (tertiary/aromatic N) is 2. The minimum atomic E-state index is -0.612. The van der Waals surface area contributed by atoms with Crippen LogP contribution in [0.25, 0.3) is 0 Å². The van der Waals surface area contributed by atoms with Gasteiger partial charge >= 0.3 is 0 Å². The number of fused-ring (bicyclic) bond motifs is 7. The zero-order valence-electron chi connectivity index (χ0n) is 31.4. The molecule has 1 saturated heterocycles. The fraction of sp³-hybridized carbons (Fsp3) is 0.632. The predicted molar refractivity (Wildman–Crippen MR) is 191 cm³/mol. The van der Waals surface area contributed by atoms with Crippen LogP contribution in [0.1, 0.15) is 34.3 Å². The molecule has 0 spiro atoms. The highest BCUT2D eigenvalue weighted by molar-refractivity contribution is 5.81. The average Bonchev–Trinajstić information content (AvgIpc) is 3.18. The van der Waals surface area contributed by atoms with Gasteiger partial charge in [-0.3, -0.25) is 9.59 Å². The fourth-order valence-corrected chi connectivity index (χ4v) is 6.90. The van der Waals surface area contributed by atoms with Crippen molar-refractivity contribution in [3.05, 3.63) is 46.5 Å². The van der Waals surface area contributed by atoms with Gasteiger partial charge in [0.2, 0.25) is 11.8 Å². The number of carbonyl (C=O) groups excluding carboxylic acids is 2. The molecule has 0 radical (unpaired) electrons. The van der Waals surface area contributed by atoms with Crippen LogP contribution in [-0.2, 0) is 55.6 Å². The monoisotopic (exact) mass is 746 g/mol. The molecule has 1 fully saturated rings. The second kappa shape index (κ2) is 21.3. The first-order chi connectivity index (χ1) is 26.0. The average molecular weight is 747 g/mol. The quantitative estimate of drug-likeness (QED) is 0.453. The van der Waals surface area contributed by atoms with E-state index in [0.717, 1.165) is 22.3 Å². The molecule has 2 atom stereocenters. The number of hydrogen-bond acceptors (Lipinski definition) is 13. The maximum atomic E-state index is 14.2. The van der Waals surface area contributed by atoms with E-state index >= 15 is 0 Å². The highest BCUT2D eigenvalue weighted by atomic mass is 16.6. The summed E-state index contributed by atoms with van der Waals surface area (Å²) in [5.74, 6) is 1.79. The summed E-state index contributed by atoms with van der Waals surface area (Å²) in [5, 5.41) is 0. The molecule has 3 heterocycles. The van der Waals surface area contributed by atoms with Crippen LogP contribution in [0.15, 0.2) is 24.3 Å². The summed E-state index contributed by atoms with van der Waals surface area (Å²) in [5.41, 5.74) is 3.68. The molecule has 53 heavy (non-hydrogen) atoms. The standard InChI is InChI=1S/C38H54N2O13/c1-43-31-21-27-5-7-39-35(41)25-52-19-17-50-15-13-48-11-9-47-10-12-49-14-16-51-18-20-53-26-36(42)40-8-6-28-22-32(44-2)34(46-4)24-30(28)38(40)37(39)29(27)23-33(31)45-3/h21-24,37-38H,5-20,25-26H2,1-4H3/t37-,38-/m0/s1. The number of benzene rings is 2. The van der Waals surface area contributed by atoms with E-state index in [1.54, 1.807) is 28.4 Å².